The molecule has 0 fully saturated rings. The summed E-state index contributed by atoms with van der Waals surface area (Å²) >= 11 is 0. The van der Waals surface area contributed by atoms with Crippen LogP contribution in [0.25, 0.3) is 0 Å². The van der Waals surface area contributed by atoms with E-state index in [4.69, 9.17) is 0 Å². The lowest BCUT2D eigenvalue weighted by Crippen LogP contribution is -2.63. The molecule has 130 valence electrons. The number of ketones is 2. The summed E-state index contributed by atoms with van der Waals surface area (Å²) in [5, 5.41) is 2.29. The van der Waals surface area contributed by atoms with Crippen molar-refractivity contribution in [1.29, 1.82) is 0 Å². The van der Waals surface area contributed by atoms with Crippen LogP contribution in [-0.4, -0.2) is 19.6 Å². The highest BCUT2D eigenvalue weighted by atomic mass is 28.3. The summed E-state index contributed by atoms with van der Waals surface area (Å²) in [5.41, 5.74) is 2.33. The van der Waals surface area contributed by atoms with Gasteiger partial charge in [-0.1, -0.05) is 87.1 Å². The molecule has 0 saturated carbocycles. The third-order valence-corrected chi connectivity index (χ3v) is 10.3. The van der Waals surface area contributed by atoms with Gasteiger partial charge in [0, 0.05) is 0 Å². The predicted octanol–water partition coefficient (Wildman–Crippen LogP) is 3.69. The van der Waals surface area contributed by atoms with Crippen molar-refractivity contribution in [2.24, 2.45) is 0 Å². The second-order valence-corrected chi connectivity index (χ2v) is 12.0. The summed E-state index contributed by atoms with van der Waals surface area (Å²) in [4.78, 5) is 24.4. The monoisotopic (exact) mass is 350 g/mol. The van der Waals surface area contributed by atoms with Crippen molar-refractivity contribution >= 4 is 30.0 Å². The lowest BCUT2D eigenvalue weighted by molar-refractivity contribution is -0.119. The Hall–Kier alpha value is -2.26. The third kappa shape index (κ3) is 3.72. The normalized spacial score (nSPS) is 11.7. The quantitative estimate of drug-likeness (QED) is 0.357. The smallest absolute Gasteiger partial charge is 0.162 e. The molecule has 0 N–H and O–H groups in total. The molecular weight excluding hydrogens is 324 g/mol. The molecule has 3 heteroatoms. The molecule has 2 nitrogen and oxygen atoms in total. The van der Waals surface area contributed by atoms with Gasteiger partial charge in [0.2, 0.25) is 0 Å². The van der Waals surface area contributed by atoms with Crippen LogP contribution in [0.3, 0.4) is 0 Å². The lowest BCUT2D eigenvalue weighted by atomic mass is 10.1. The highest BCUT2D eigenvalue weighted by Gasteiger charge is 2.46. The number of hydrogen-bond acceptors (Lipinski definition) is 2. The highest BCUT2D eigenvalue weighted by molar-refractivity contribution is 7.08. The first-order valence-electron chi connectivity index (χ1n) is 8.56. The van der Waals surface area contributed by atoms with Gasteiger partial charge in [-0.25, -0.2) is 0 Å². The highest BCUT2D eigenvalue weighted by Crippen LogP contribution is 2.37. The Morgan fingerprint density at radius 2 is 1.12 bits per heavy atom. The lowest BCUT2D eigenvalue weighted by Gasteiger charge is -2.42. The number of hydrogen-bond donors (Lipinski definition) is 0. The van der Waals surface area contributed by atoms with Crippen LogP contribution >= 0.6 is 0 Å². The number of allylic oxidation sites excluding steroid dienone is 1. The molecule has 0 aliphatic carbocycles. The molecule has 0 atom stereocenters. The van der Waals surface area contributed by atoms with E-state index < -0.39 is 8.07 Å². The molecule has 0 aliphatic rings. The summed E-state index contributed by atoms with van der Waals surface area (Å²) in [6.07, 6.45) is 0. The van der Waals surface area contributed by atoms with E-state index >= 15 is 0 Å². The van der Waals surface area contributed by atoms with E-state index in [9.17, 15) is 9.59 Å². The molecule has 2 rings (SSSR count). The van der Waals surface area contributed by atoms with Gasteiger partial charge in [-0.3, -0.25) is 9.59 Å². The molecule has 0 unspecified atom stereocenters. The summed E-state index contributed by atoms with van der Waals surface area (Å²) < 4.78 is 0. The average Bonchev–Trinajstić information content (AvgIpc) is 2.55. The third-order valence-electron chi connectivity index (χ3n) is 4.76. The van der Waals surface area contributed by atoms with Crippen molar-refractivity contribution < 1.29 is 9.59 Å². The van der Waals surface area contributed by atoms with E-state index in [1.165, 1.54) is 24.2 Å². The van der Waals surface area contributed by atoms with Gasteiger partial charge in [-0.05, 0) is 29.3 Å². The van der Waals surface area contributed by atoms with E-state index in [-0.39, 0.29) is 16.6 Å². The van der Waals surface area contributed by atoms with E-state index in [2.05, 4.69) is 45.0 Å². The van der Waals surface area contributed by atoms with Crippen molar-refractivity contribution in [3.63, 3.8) is 0 Å². The maximum atomic E-state index is 12.2. The number of benzene rings is 2. The van der Waals surface area contributed by atoms with Crippen molar-refractivity contribution in [2.45, 2.75) is 39.7 Å². The number of Topliss-reactive ketones (excluding diaryl/α,β-unsaturated/α-hetero) is 2. The van der Waals surface area contributed by atoms with Gasteiger partial charge in [0.05, 0.1) is 5.57 Å². The topological polar surface area (TPSA) is 34.1 Å². The molecule has 0 spiro atoms. The molecular formula is C22H26O2Si. The van der Waals surface area contributed by atoms with Crippen LogP contribution in [0.5, 0.6) is 0 Å². The molecule has 0 bridgehead atoms. The van der Waals surface area contributed by atoms with Crippen molar-refractivity contribution in [3.8, 4) is 0 Å². The van der Waals surface area contributed by atoms with Crippen LogP contribution in [0.2, 0.25) is 5.04 Å². The van der Waals surface area contributed by atoms with Crippen molar-refractivity contribution in [3.05, 3.63) is 71.9 Å². The molecule has 0 saturated heterocycles. The molecule has 0 heterocycles. The van der Waals surface area contributed by atoms with Gasteiger partial charge in [0.1, 0.15) is 8.07 Å². The Balaban J connectivity index is 2.94. The fraction of sp³-hybridized carbons (Fsp3) is 0.273. The molecule has 0 aliphatic heterocycles. The van der Waals surface area contributed by atoms with Crippen LogP contribution in [0, 0.1) is 0 Å². The molecule has 0 radical (unpaired) electrons. The Labute approximate surface area is 151 Å². The largest absolute Gasteiger partial charge is 0.294 e. The van der Waals surface area contributed by atoms with Gasteiger partial charge >= 0.3 is 0 Å². The minimum Gasteiger partial charge on any atom is -0.294 e. The van der Waals surface area contributed by atoms with E-state index in [0.29, 0.717) is 5.57 Å². The number of carbonyl (C=O) groups excluding carboxylic acids is 2. The molecule has 2 aromatic carbocycles. The Morgan fingerprint density at radius 3 is 1.40 bits per heavy atom. The van der Waals surface area contributed by atoms with E-state index in [1.807, 2.05) is 42.1 Å². The van der Waals surface area contributed by atoms with Crippen LogP contribution in [0.15, 0.2) is 71.9 Å². The zero-order valence-corrected chi connectivity index (χ0v) is 16.7. The molecule has 0 amide bonds. The second kappa shape index (κ2) is 7.32. The first-order valence-corrected chi connectivity index (χ1v) is 10.6. The van der Waals surface area contributed by atoms with Crippen molar-refractivity contribution in [1.82, 2.24) is 0 Å². The summed E-state index contributed by atoms with van der Waals surface area (Å²) in [7, 11) is -2.54. The van der Waals surface area contributed by atoms with Crippen LogP contribution in [0.4, 0.5) is 0 Å². The molecule has 0 aromatic heterocycles. The Morgan fingerprint density at radius 1 is 0.760 bits per heavy atom. The van der Waals surface area contributed by atoms with E-state index in [0.717, 1.165) is 0 Å². The Kier molecular flexibility index (Phi) is 5.58. The number of rotatable bonds is 5. The summed E-state index contributed by atoms with van der Waals surface area (Å²) in [5.74, 6) is -0.332. The van der Waals surface area contributed by atoms with Gasteiger partial charge in [-0.2, -0.15) is 0 Å². The standard InChI is InChI=1S/C22H26O2Si/c1-17(23)21(18(2)24)16-25(22(3,4)5,19-12-8-6-9-13-19)20-14-10-7-11-15-20/h6-16H,1-5H3. The minimum absolute atomic E-state index is 0.119. The SMILES string of the molecule is CC(=O)C(=C[Si](c1ccccc1)(c1ccccc1)C(C)(C)C)C(C)=O. The van der Waals surface area contributed by atoms with Crippen LogP contribution < -0.4 is 10.4 Å². The van der Waals surface area contributed by atoms with Gasteiger partial charge in [-0.15, -0.1) is 0 Å². The van der Waals surface area contributed by atoms with E-state index in [1.54, 1.807) is 0 Å². The zero-order chi connectivity index (χ0) is 18.7. The van der Waals surface area contributed by atoms with Gasteiger partial charge < -0.3 is 0 Å². The first kappa shape index (κ1) is 19.1. The molecule has 2 aromatic rings. The molecule has 25 heavy (non-hydrogen) atoms. The van der Waals surface area contributed by atoms with Gasteiger partial charge in [0.15, 0.2) is 11.6 Å². The number of carbonyl (C=O) groups is 2. The zero-order valence-electron chi connectivity index (χ0n) is 15.7. The predicted molar refractivity (Wildman–Crippen MR) is 107 cm³/mol. The average molecular weight is 351 g/mol. The van der Waals surface area contributed by atoms with Crippen LogP contribution in [0.1, 0.15) is 34.6 Å². The summed E-state index contributed by atoms with van der Waals surface area (Å²) in [6.45, 7) is 9.56. The summed E-state index contributed by atoms with van der Waals surface area (Å²) in [6, 6.07) is 20.6. The second-order valence-electron chi connectivity index (χ2n) is 7.46. The maximum Gasteiger partial charge on any atom is 0.162 e. The fourth-order valence-electron chi connectivity index (χ4n) is 3.49. The van der Waals surface area contributed by atoms with Crippen LogP contribution in [-0.2, 0) is 9.59 Å². The fourth-order valence-corrected chi connectivity index (χ4v) is 8.59. The maximum absolute atomic E-state index is 12.2. The Bertz CT molecular complexity index is 728. The van der Waals surface area contributed by atoms with Gasteiger partial charge in [0.25, 0.3) is 0 Å². The minimum atomic E-state index is -2.54. The van der Waals surface area contributed by atoms with Crippen molar-refractivity contribution in [2.75, 3.05) is 0 Å². The first-order chi connectivity index (χ1) is 11.7.